The number of carboxylic acid groups (broad SMARTS) is 2. The topological polar surface area (TPSA) is 81.1 Å². The monoisotopic (exact) mass is 416 g/mol. The summed E-state index contributed by atoms with van der Waals surface area (Å²) in [6.45, 7) is 8.96. The van der Waals surface area contributed by atoms with Gasteiger partial charge in [-0.1, -0.05) is 42.0 Å². The van der Waals surface area contributed by atoms with Gasteiger partial charge in [-0.2, -0.15) is 0 Å². The highest BCUT2D eigenvalue weighted by atomic mass is 32.2. The molecule has 0 aliphatic carbocycles. The van der Waals surface area contributed by atoms with Crippen molar-refractivity contribution < 1.29 is 19.8 Å². The summed E-state index contributed by atoms with van der Waals surface area (Å²) >= 11 is 1.81. The molecule has 2 N–H and O–H groups in total. The highest BCUT2D eigenvalue weighted by Gasteiger charge is 2.17. The van der Waals surface area contributed by atoms with Crippen LogP contribution in [0.5, 0.6) is 0 Å². The molecule has 0 amide bonds. The summed E-state index contributed by atoms with van der Waals surface area (Å²) in [6.07, 6.45) is 2.13. The van der Waals surface area contributed by atoms with E-state index in [1.54, 1.807) is 11.8 Å². The van der Waals surface area contributed by atoms with Crippen LogP contribution in [0.15, 0.2) is 53.4 Å². The number of piperazine rings is 1. The van der Waals surface area contributed by atoms with Crippen molar-refractivity contribution in [1.82, 2.24) is 9.80 Å². The molecule has 2 aromatic carbocycles. The Kier molecular flexibility index (Phi) is 9.18. The van der Waals surface area contributed by atoms with E-state index in [2.05, 4.69) is 71.5 Å². The second kappa shape index (κ2) is 11.6. The summed E-state index contributed by atoms with van der Waals surface area (Å²) < 4.78 is 0. The minimum absolute atomic E-state index is 1.08. The molecule has 2 aromatic rings. The molecule has 1 fully saturated rings. The molecule has 0 radical (unpaired) electrons. The first kappa shape index (κ1) is 22.9. The van der Waals surface area contributed by atoms with Crippen LogP contribution in [0.4, 0.5) is 0 Å². The molecule has 0 atom stereocenters. The standard InChI is InChI=1S/C20H26N2S.C2H2O4/c1-17-3-5-18(6-4-17)15-21-11-13-22(14-12-21)16-19-7-9-20(23-2)10-8-19;3-1(4)2(5)6/h3-10H,11-16H2,1-2H3;(H,3,4)(H,5,6). The Balaban J connectivity index is 0.000000438. The number of carboxylic acids is 2. The molecule has 6 nitrogen and oxygen atoms in total. The van der Waals surface area contributed by atoms with Crippen LogP contribution in [0.25, 0.3) is 0 Å². The summed E-state index contributed by atoms with van der Waals surface area (Å²) in [4.78, 5) is 24.7. The van der Waals surface area contributed by atoms with E-state index in [1.165, 1.54) is 21.6 Å². The van der Waals surface area contributed by atoms with Crippen molar-refractivity contribution in [1.29, 1.82) is 0 Å². The molecule has 0 spiro atoms. The molecule has 0 bridgehead atoms. The van der Waals surface area contributed by atoms with E-state index in [0.29, 0.717) is 0 Å². The third-order valence-electron chi connectivity index (χ3n) is 4.74. The van der Waals surface area contributed by atoms with Crippen LogP contribution < -0.4 is 0 Å². The van der Waals surface area contributed by atoms with Crippen molar-refractivity contribution in [2.75, 3.05) is 32.4 Å². The second-order valence-corrected chi connectivity index (χ2v) is 7.88. The molecule has 3 rings (SSSR count). The lowest BCUT2D eigenvalue weighted by Gasteiger charge is -2.34. The summed E-state index contributed by atoms with van der Waals surface area (Å²) in [7, 11) is 0. The maximum absolute atomic E-state index is 9.10. The summed E-state index contributed by atoms with van der Waals surface area (Å²) in [6, 6.07) is 17.9. The summed E-state index contributed by atoms with van der Waals surface area (Å²) in [5.41, 5.74) is 4.19. The molecule has 1 aliphatic rings. The first-order chi connectivity index (χ1) is 13.9. The van der Waals surface area contributed by atoms with Gasteiger partial charge in [0, 0.05) is 44.2 Å². The van der Waals surface area contributed by atoms with E-state index < -0.39 is 11.9 Å². The molecule has 1 aliphatic heterocycles. The van der Waals surface area contributed by atoms with Gasteiger partial charge in [0.1, 0.15) is 0 Å². The van der Waals surface area contributed by atoms with Gasteiger partial charge < -0.3 is 10.2 Å². The Morgan fingerprint density at radius 3 is 1.52 bits per heavy atom. The van der Waals surface area contributed by atoms with Crippen LogP contribution in [-0.2, 0) is 22.7 Å². The van der Waals surface area contributed by atoms with Gasteiger partial charge >= 0.3 is 11.9 Å². The number of carbonyl (C=O) groups is 2. The average Bonchev–Trinajstić information content (AvgIpc) is 2.72. The third kappa shape index (κ3) is 8.27. The molecule has 156 valence electrons. The van der Waals surface area contributed by atoms with Crippen molar-refractivity contribution in [3.63, 3.8) is 0 Å². The van der Waals surface area contributed by atoms with Crippen LogP contribution in [0.3, 0.4) is 0 Å². The first-order valence-electron chi connectivity index (χ1n) is 9.47. The predicted octanol–water partition coefficient (Wildman–Crippen LogP) is 3.19. The largest absolute Gasteiger partial charge is 0.473 e. The maximum Gasteiger partial charge on any atom is 0.414 e. The van der Waals surface area contributed by atoms with Gasteiger partial charge in [-0.25, -0.2) is 9.59 Å². The fourth-order valence-corrected chi connectivity index (χ4v) is 3.45. The van der Waals surface area contributed by atoms with E-state index in [4.69, 9.17) is 19.8 Å². The molecule has 0 aromatic heterocycles. The molecule has 0 saturated carbocycles. The van der Waals surface area contributed by atoms with Gasteiger partial charge in [-0.15, -0.1) is 11.8 Å². The van der Waals surface area contributed by atoms with Crippen LogP contribution in [0.1, 0.15) is 16.7 Å². The van der Waals surface area contributed by atoms with Crippen LogP contribution in [-0.4, -0.2) is 64.4 Å². The lowest BCUT2D eigenvalue weighted by atomic mass is 10.1. The number of aliphatic carboxylic acids is 2. The Bertz CT molecular complexity index is 773. The highest BCUT2D eigenvalue weighted by Crippen LogP contribution is 2.17. The molecule has 1 heterocycles. The number of rotatable bonds is 5. The van der Waals surface area contributed by atoms with Gasteiger partial charge in [0.25, 0.3) is 0 Å². The van der Waals surface area contributed by atoms with Crippen molar-refractivity contribution in [3.8, 4) is 0 Å². The van der Waals surface area contributed by atoms with Gasteiger partial charge in [0.2, 0.25) is 0 Å². The molecule has 7 heteroatoms. The molecular weight excluding hydrogens is 388 g/mol. The van der Waals surface area contributed by atoms with E-state index in [0.717, 1.165) is 39.3 Å². The van der Waals surface area contributed by atoms with Crippen LogP contribution in [0.2, 0.25) is 0 Å². The Hall–Kier alpha value is -2.35. The summed E-state index contributed by atoms with van der Waals surface area (Å²) in [5.74, 6) is -3.65. The van der Waals surface area contributed by atoms with Crippen molar-refractivity contribution in [3.05, 3.63) is 65.2 Å². The zero-order valence-corrected chi connectivity index (χ0v) is 17.7. The number of hydrogen-bond donors (Lipinski definition) is 2. The zero-order chi connectivity index (χ0) is 21.2. The fraction of sp³-hybridized carbons (Fsp3) is 0.364. The zero-order valence-electron chi connectivity index (χ0n) is 16.9. The number of aryl methyl sites for hydroxylation is 1. The number of thioether (sulfide) groups is 1. The SMILES string of the molecule is CSc1ccc(CN2CCN(Cc3ccc(C)cc3)CC2)cc1.O=C(O)C(=O)O. The van der Waals surface area contributed by atoms with Gasteiger partial charge in [-0.3, -0.25) is 9.80 Å². The van der Waals surface area contributed by atoms with Crippen LogP contribution in [0, 0.1) is 6.92 Å². The van der Waals surface area contributed by atoms with Gasteiger partial charge in [0.05, 0.1) is 0 Å². The number of benzene rings is 2. The molecular formula is C22H28N2O4S. The Morgan fingerprint density at radius 1 is 0.793 bits per heavy atom. The lowest BCUT2D eigenvalue weighted by Crippen LogP contribution is -2.45. The minimum atomic E-state index is -1.82. The van der Waals surface area contributed by atoms with E-state index in [1.807, 2.05) is 0 Å². The molecule has 29 heavy (non-hydrogen) atoms. The first-order valence-corrected chi connectivity index (χ1v) is 10.7. The lowest BCUT2D eigenvalue weighted by molar-refractivity contribution is -0.159. The van der Waals surface area contributed by atoms with Crippen molar-refractivity contribution in [2.45, 2.75) is 24.9 Å². The highest BCUT2D eigenvalue weighted by molar-refractivity contribution is 7.98. The van der Waals surface area contributed by atoms with Crippen LogP contribution >= 0.6 is 11.8 Å². The van der Waals surface area contributed by atoms with Crippen molar-refractivity contribution in [2.24, 2.45) is 0 Å². The van der Waals surface area contributed by atoms with E-state index >= 15 is 0 Å². The van der Waals surface area contributed by atoms with Crippen molar-refractivity contribution >= 4 is 23.7 Å². The maximum atomic E-state index is 9.10. The Labute approximate surface area is 176 Å². The normalized spacial score (nSPS) is 14.7. The summed E-state index contributed by atoms with van der Waals surface area (Å²) in [5, 5.41) is 14.8. The van der Waals surface area contributed by atoms with Gasteiger partial charge in [0.15, 0.2) is 0 Å². The smallest absolute Gasteiger partial charge is 0.414 e. The predicted molar refractivity (Wildman–Crippen MR) is 115 cm³/mol. The third-order valence-corrected chi connectivity index (χ3v) is 5.48. The number of hydrogen-bond acceptors (Lipinski definition) is 5. The van der Waals surface area contributed by atoms with E-state index in [-0.39, 0.29) is 0 Å². The molecule has 1 saturated heterocycles. The average molecular weight is 417 g/mol. The van der Waals surface area contributed by atoms with E-state index in [9.17, 15) is 0 Å². The minimum Gasteiger partial charge on any atom is -0.473 e. The number of nitrogens with zero attached hydrogens (tertiary/aromatic N) is 2. The fourth-order valence-electron chi connectivity index (χ4n) is 3.05. The quantitative estimate of drug-likeness (QED) is 0.572. The second-order valence-electron chi connectivity index (χ2n) is 7.00. The molecule has 0 unspecified atom stereocenters. The van der Waals surface area contributed by atoms with Gasteiger partial charge in [-0.05, 0) is 36.4 Å². The Morgan fingerprint density at radius 2 is 1.17 bits per heavy atom.